The predicted octanol–water partition coefficient (Wildman–Crippen LogP) is 2.73. The first-order valence-electron chi connectivity index (χ1n) is 7.38. The Hall–Kier alpha value is -1.94. The largest absolute Gasteiger partial charge is 0.392 e. The number of aliphatic hydroxyl groups excluding tert-OH is 1. The molecule has 0 saturated heterocycles. The Bertz CT molecular complexity index is 566. The van der Waals surface area contributed by atoms with Crippen LogP contribution >= 0.6 is 0 Å². The monoisotopic (exact) mass is 298 g/mol. The second-order valence-electron chi connectivity index (χ2n) is 5.33. The minimum atomic E-state index is -1.13. The average Bonchev–Trinajstić information content (AvgIpc) is 2.55. The third-order valence-electron chi connectivity index (χ3n) is 3.35. The summed E-state index contributed by atoms with van der Waals surface area (Å²) in [5.74, 6) is 0. The second kappa shape index (κ2) is 8.49. The van der Waals surface area contributed by atoms with Crippen LogP contribution in [0.5, 0.6) is 0 Å². The zero-order valence-electron chi connectivity index (χ0n) is 12.6. The summed E-state index contributed by atoms with van der Waals surface area (Å²) in [6, 6.07) is 19.6. The van der Waals surface area contributed by atoms with E-state index in [1.54, 1.807) is 12.2 Å². The van der Waals surface area contributed by atoms with Gasteiger partial charge in [0.15, 0.2) is 0 Å². The van der Waals surface area contributed by atoms with Gasteiger partial charge in [-0.1, -0.05) is 72.8 Å². The van der Waals surface area contributed by atoms with E-state index in [1.807, 2.05) is 60.7 Å². The molecule has 0 aliphatic heterocycles. The topological polar surface area (TPSA) is 49.7 Å². The van der Waals surface area contributed by atoms with Crippen molar-refractivity contribution in [2.24, 2.45) is 0 Å². The Balaban J connectivity index is 1.97. The Morgan fingerprint density at radius 1 is 0.909 bits per heavy atom. The van der Waals surface area contributed by atoms with Crippen LogP contribution < -0.4 is 0 Å². The van der Waals surface area contributed by atoms with Gasteiger partial charge in [-0.2, -0.15) is 0 Å². The lowest BCUT2D eigenvalue weighted by molar-refractivity contribution is -0.0197. The van der Waals surface area contributed by atoms with Gasteiger partial charge in [0.25, 0.3) is 0 Å². The van der Waals surface area contributed by atoms with E-state index in [9.17, 15) is 5.11 Å². The van der Waals surface area contributed by atoms with Crippen molar-refractivity contribution in [3.63, 3.8) is 0 Å². The van der Waals surface area contributed by atoms with Crippen molar-refractivity contribution in [1.82, 2.24) is 0 Å². The lowest BCUT2D eigenvalue weighted by Gasteiger charge is -2.25. The molecule has 3 nitrogen and oxygen atoms in total. The van der Waals surface area contributed by atoms with E-state index >= 15 is 0 Å². The van der Waals surface area contributed by atoms with Crippen LogP contribution in [0.4, 0.5) is 0 Å². The van der Waals surface area contributed by atoms with Crippen molar-refractivity contribution in [2.45, 2.75) is 18.6 Å². The van der Waals surface area contributed by atoms with Gasteiger partial charge in [-0.25, -0.2) is 0 Å². The summed E-state index contributed by atoms with van der Waals surface area (Å²) >= 11 is 0. The molecule has 0 spiro atoms. The molecule has 3 heteroatoms. The molecule has 0 heterocycles. The summed E-state index contributed by atoms with van der Waals surface area (Å²) in [5.41, 5.74) is 0.963. The fourth-order valence-electron chi connectivity index (χ4n) is 2.30. The molecule has 2 rings (SSSR count). The summed E-state index contributed by atoms with van der Waals surface area (Å²) in [6.07, 6.45) is 3.61. The molecule has 0 aliphatic rings. The Kier molecular flexibility index (Phi) is 6.34. The molecule has 2 N–H and O–H groups in total. The molecule has 22 heavy (non-hydrogen) atoms. The molecule has 116 valence electrons. The van der Waals surface area contributed by atoms with Crippen molar-refractivity contribution in [3.8, 4) is 0 Å². The van der Waals surface area contributed by atoms with Gasteiger partial charge in [-0.15, -0.1) is 0 Å². The van der Waals surface area contributed by atoms with Gasteiger partial charge in [0.1, 0.15) is 5.60 Å². The molecule has 1 unspecified atom stereocenters. The van der Waals surface area contributed by atoms with E-state index in [0.717, 1.165) is 11.1 Å². The summed E-state index contributed by atoms with van der Waals surface area (Å²) in [5, 5.41) is 19.7. The Morgan fingerprint density at radius 2 is 1.50 bits per heavy atom. The SMILES string of the molecule is OCC=CC(O)(COCc1ccccc1)Cc1ccccc1. The highest BCUT2D eigenvalue weighted by Gasteiger charge is 2.24. The van der Waals surface area contributed by atoms with Gasteiger partial charge < -0.3 is 14.9 Å². The van der Waals surface area contributed by atoms with Gasteiger partial charge in [0.05, 0.1) is 19.8 Å². The van der Waals surface area contributed by atoms with Crippen molar-refractivity contribution in [1.29, 1.82) is 0 Å². The van der Waals surface area contributed by atoms with Crippen LogP contribution in [-0.4, -0.2) is 29.0 Å². The summed E-state index contributed by atoms with van der Waals surface area (Å²) in [7, 11) is 0. The molecule has 0 saturated carbocycles. The van der Waals surface area contributed by atoms with E-state index in [2.05, 4.69) is 0 Å². The van der Waals surface area contributed by atoms with Gasteiger partial charge in [-0.3, -0.25) is 0 Å². The fourth-order valence-corrected chi connectivity index (χ4v) is 2.30. The third-order valence-corrected chi connectivity index (χ3v) is 3.35. The highest BCUT2D eigenvalue weighted by molar-refractivity contribution is 5.20. The molecular formula is C19H22O3. The maximum Gasteiger partial charge on any atom is 0.110 e. The maximum atomic E-state index is 10.8. The van der Waals surface area contributed by atoms with E-state index in [4.69, 9.17) is 9.84 Å². The van der Waals surface area contributed by atoms with Crippen LogP contribution in [0.1, 0.15) is 11.1 Å². The minimum absolute atomic E-state index is 0.101. The minimum Gasteiger partial charge on any atom is -0.392 e. The molecule has 0 amide bonds. The highest BCUT2D eigenvalue weighted by atomic mass is 16.5. The standard InChI is InChI=1S/C19H22O3/c20-13-7-12-19(21,14-17-8-3-1-4-9-17)16-22-15-18-10-5-2-6-11-18/h1-12,20-21H,13-16H2. The average molecular weight is 298 g/mol. The zero-order valence-corrected chi connectivity index (χ0v) is 12.6. The Labute approximate surface area is 131 Å². The van der Waals surface area contributed by atoms with Crippen LogP contribution in [-0.2, 0) is 17.8 Å². The van der Waals surface area contributed by atoms with Crippen LogP contribution in [0.25, 0.3) is 0 Å². The molecular weight excluding hydrogens is 276 g/mol. The highest BCUT2D eigenvalue weighted by Crippen LogP contribution is 2.17. The number of hydrogen-bond acceptors (Lipinski definition) is 3. The van der Waals surface area contributed by atoms with Gasteiger partial charge in [0, 0.05) is 6.42 Å². The van der Waals surface area contributed by atoms with Crippen LogP contribution in [0.3, 0.4) is 0 Å². The van der Waals surface area contributed by atoms with E-state index in [1.165, 1.54) is 0 Å². The first kappa shape index (κ1) is 16.4. The first-order chi connectivity index (χ1) is 10.7. The molecule has 1 atom stereocenters. The number of hydrogen-bond donors (Lipinski definition) is 2. The maximum absolute atomic E-state index is 10.8. The third kappa shape index (κ3) is 5.45. The second-order valence-corrected chi connectivity index (χ2v) is 5.33. The fraction of sp³-hybridized carbons (Fsp3) is 0.263. The quantitative estimate of drug-likeness (QED) is 0.737. The smallest absolute Gasteiger partial charge is 0.110 e. The van der Waals surface area contributed by atoms with E-state index in [0.29, 0.717) is 13.0 Å². The lowest BCUT2D eigenvalue weighted by Crippen LogP contribution is -2.35. The van der Waals surface area contributed by atoms with Crippen molar-refractivity contribution < 1.29 is 14.9 Å². The number of benzene rings is 2. The van der Waals surface area contributed by atoms with Gasteiger partial charge in [-0.05, 0) is 11.1 Å². The lowest BCUT2D eigenvalue weighted by atomic mass is 9.94. The van der Waals surface area contributed by atoms with Gasteiger partial charge in [0.2, 0.25) is 0 Å². The van der Waals surface area contributed by atoms with Crippen LogP contribution in [0, 0.1) is 0 Å². The van der Waals surface area contributed by atoms with E-state index < -0.39 is 5.60 Å². The first-order valence-corrected chi connectivity index (χ1v) is 7.38. The molecule has 0 aliphatic carbocycles. The van der Waals surface area contributed by atoms with Crippen molar-refractivity contribution in [3.05, 3.63) is 83.9 Å². The molecule has 0 aromatic heterocycles. The molecule has 0 bridgehead atoms. The summed E-state index contributed by atoms with van der Waals surface area (Å²) in [6.45, 7) is 0.522. The normalized spacial score (nSPS) is 14.1. The molecule has 0 radical (unpaired) electrons. The summed E-state index contributed by atoms with van der Waals surface area (Å²) in [4.78, 5) is 0. The van der Waals surface area contributed by atoms with Gasteiger partial charge >= 0.3 is 0 Å². The van der Waals surface area contributed by atoms with Crippen LogP contribution in [0.15, 0.2) is 72.8 Å². The summed E-state index contributed by atoms with van der Waals surface area (Å²) < 4.78 is 5.67. The number of rotatable bonds is 8. The van der Waals surface area contributed by atoms with E-state index in [-0.39, 0.29) is 13.2 Å². The van der Waals surface area contributed by atoms with Crippen molar-refractivity contribution >= 4 is 0 Å². The van der Waals surface area contributed by atoms with Crippen LogP contribution in [0.2, 0.25) is 0 Å². The number of aliphatic hydroxyl groups is 2. The Morgan fingerprint density at radius 3 is 2.09 bits per heavy atom. The predicted molar refractivity (Wildman–Crippen MR) is 87.4 cm³/mol. The number of ether oxygens (including phenoxy) is 1. The molecule has 2 aromatic rings. The molecule has 2 aromatic carbocycles. The molecule has 0 fully saturated rings. The zero-order chi connectivity index (χ0) is 15.7. The van der Waals surface area contributed by atoms with Crippen molar-refractivity contribution in [2.75, 3.05) is 13.2 Å².